The van der Waals surface area contributed by atoms with Crippen LogP contribution in [0.3, 0.4) is 0 Å². The second kappa shape index (κ2) is 18.1. The van der Waals surface area contributed by atoms with Gasteiger partial charge in [-0.05, 0) is 37.1 Å². The number of methoxy groups -OCH3 is 2. The number of esters is 2. The van der Waals surface area contributed by atoms with Crippen molar-refractivity contribution in [1.82, 2.24) is 0 Å². The normalized spacial score (nSPS) is 21.8. The van der Waals surface area contributed by atoms with Crippen LogP contribution in [0.2, 0.25) is 0 Å². The number of carbonyl (C=O) groups excluding carboxylic acids is 2. The fraction of sp³-hybridized carbons (Fsp3) is 0.515. The van der Waals surface area contributed by atoms with Crippen molar-refractivity contribution in [2.24, 2.45) is 10.8 Å². The number of benzene rings is 2. The highest BCUT2D eigenvalue weighted by Crippen LogP contribution is 2.43. The van der Waals surface area contributed by atoms with Crippen LogP contribution in [-0.4, -0.2) is 67.9 Å². The van der Waals surface area contributed by atoms with E-state index < -0.39 is 22.9 Å². The molecule has 1 fully saturated rings. The Hall–Kier alpha value is -2.69. The molecule has 0 spiro atoms. The van der Waals surface area contributed by atoms with E-state index in [0.717, 1.165) is 16.9 Å². The van der Waals surface area contributed by atoms with E-state index in [2.05, 4.69) is 13.5 Å². The summed E-state index contributed by atoms with van der Waals surface area (Å²) in [5.74, 6) is 0.271. The van der Waals surface area contributed by atoms with E-state index in [0.29, 0.717) is 32.7 Å². The summed E-state index contributed by atoms with van der Waals surface area (Å²) < 4.78 is 27.0. The summed E-state index contributed by atoms with van der Waals surface area (Å²) in [7, 11) is 2.73. The van der Waals surface area contributed by atoms with Gasteiger partial charge >= 0.3 is 11.9 Å². The highest BCUT2D eigenvalue weighted by atomic mass is 32.2. The molecule has 0 bridgehead atoms. The van der Waals surface area contributed by atoms with Crippen molar-refractivity contribution in [2.45, 2.75) is 64.5 Å². The van der Waals surface area contributed by atoms with Gasteiger partial charge < -0.3 is 28.8 Å². The van der Waals surface area contributed by atoms with Crippen LogP contribution in [0.15, 0.2) is 73.3 Å². The van der Waals surface area contributed by atoms with Gasteiger partial charge in [0, 0.05) is 6.42 Å². The van der Waals surface area contributed by atoms with Crippen LogP contribution in [0.1, 0.15) is 44.7 Å². The molecule has 2 aromatic carbocycles. The van der Waals surface area contributed by atoms with Gasteiger partial charge in [-0.15, -0.1) is 18.3 Å². The van der Waals surface area contributed by atoms with Crippen LogP contribution in [0.25, 0.3) is 0 Å². The van der Waals surface area contributed by atoms with Gasteiger partial charge in [0.25, 0.3) is 0 Å². The van der Waals surface area contributed by atoms with Crippen LogP contribution in [0.5, 0.6) is 0 Å². The van der Waals surface area contributed by atoms with Crippen LogP contribution < -0.4 is 0 Å². The third-order valence-electron chi connectivity index (χ3n) is 7.35. The smallest absolute Gasteiger partial charge is 0.314 e. The number of aliphatic hydroxyl groups is 1. The SMILES string of the molecule is C=CC[C@@](C)(C(=O)OC)[C@H](O)COCc1ccccc1.CCSC1C[C@@](C)(C(=O)OC)[C@@H](COCc2ccccc2)O1. The first-order valence-electron chi connectivity index (χ1n) is 14.1. The molecule has 42 heavy (non-hydrogen) atoms. The summed E-state index contributed by atoms with van der Waals surface area (Å²) in [5, 5.41) is 10.2. The second-order valence-corrected chi connectivity index (χ2v) is 12.0. The lowest BCUT2D eigenvalue weighted by Crippen LogP contribution is -2.43. The van der Waals surface area contributed by atoms with E-state index in [9.17, 15) is 14.7 Å². The lowest BCUT2D eigenvalue weighted by Gasteiger charge is -2.30. The quantitative estimate of drug-likeness (QED) is 0.207. The molecule has 9 heteroatoms. The molecular formula is C33H46O8S. The summed E-state index contributed by atoms with van der Waals surface area (Å²) in [5.41, 5.74) is 0.480. The molecule has 0 saturated carbocycles. The molecule has 1 aliphatic rings. The molecule has 1 N–H and O–H groups in total. The zero-order valence-corrected chi connectivity index (χ0v) is 26.3. The standard InChI is InChI=1S/C17H24O4S.C16H22O4/c1-4-22-15-10-17(2,16(18)19-3)14(21-15)12-20-11-13-8-6-5-7-9-13;1-4-10-16(2,15(18)19-3)14(17)12-20-11-13-8-6-5-7-9-13/h5-9,14-15H,4,10-12H2,1-3H3;4-9,14,17H,1,10-12H2,2-3H3/t14-,15?,17-;14-,16-/m11/s1. The van der Waals surface area contributed by atoms with Crippen LogP contribution in [0.4, 0.5) is 0 Å². The maximum atomic E-state index is 12.2. The Bertz CT molecular complexity index is 1080. The molecule has 2 aromatic rings. The van der Waals surface area contributed by atoms with Crippen molar-refractivity contribution in [1.29, 1.82) is 0 Å². The zero-order chi connectivity index (χ0) is 31.0. The van der Waals surface area contributed by atoms with Crippen LogP contribution in [0, 0.1) is 10.8 Å². The Morgan fingerprint density at radius 1 is 1.07 bits per heavy atom. The number of ether oxygens (including phenoxy) is 5. The molecular weight excluding hydrogens is 556 g/mol. The average molecular weight is 603 g/mol. The van der Waals surface area contributed by atoms with Crippen LogP contribution in [-0.2, 0) is 46.5 Å². The summed E-state index contributed by atoms with van der Waals surface area (Å²) in [6.45, 7) is 10.6. The first-order chi connectivity index (χ1) is 20.1. The van der Waals surface area contributed by atoms with Gasteiger partial charge in [0.2, 0.25) is 0 Å². The summed E-state index contributed by atoms with van der Waals surface area (Å²) in [6.07, 6.45) is 1.37. The minimum absolute atomic E-state index is 0.0272. The van der Waals surface area contributed by atoms with Crippen molar-refractivity contribution in [2.75, 3.05) is 33.2 Å². The predicted molar refractivity (Wildman–Crippen MR) is 165 cm³/mol. The fourth-order valence-electron chi connectivity index (χ4n) is 4.61. The van der Waals surface area contributed by atoms with E-state index in [4.69, 9.17) is 23.7 Å². The van der Waals surface area contributed by atoms with Crippen molar-refractivity contribution >= 4 is 23.7 Å². The summed E-state index contributed by atoms with van der Waals surface area (Å²) >= 11 is 1.72. The maximum Gasteiger partial charge on any atom is 0.314 e. The minimum Gasteiger partial charge on any atom is -0.469 e. The molecule has 0 aliphatic carbocycles. The second-order valence-electron chi connectivity index (χ2n) is 10.5. The lowest BCUT2D eigenvalue weighted by molar-refractivity contribution is -0.162. The zero-order valence-electron chi connectivity index (χ0n) is 25.5. The Balaban J connectivity index is 0.000000295. The Kier molecular flexibility index (Phi) is 15.3. The Morgan fingerprint density at radius 2 is 1.64 bits per heavy atom. The van der Waals surface area contributed by atoms with E-state index in [-0.39, 0.29) is 24.1 Å². The molecule has 1 heterocycles. The Labute approximate surface area is 254 Å². The molecule has 232 valence electrons. The molecule has 3 rings (SSSR count). The highest BCUT2D eigenvalue weighted by molar-refractivity contribution is 7.99. The fourth-order valence-corrected chi connectivity index (χ4v) is 5.66. The molecule has 1 aliphatic heterocycles. The third kappa shape index (κ3) is 10.2. The third-order valence-corrected chi connectivity index (χ3v) is 8.33. The molecule has 5 atom stereocenters. The molecule has 0 amide bonds. The van der Waals surface area contributed by atoms with Gasteiger partial charge in [0.15, 0.2) is 0 Å². The number of allylic oxidation sites excluding steroid dienone is 1. The van der Waals surface area contributed by atoms with Gasteiger partial charge in [-0.3, -0.25) is 9.59 Å². The van der Waals surface area contributed by atoms with Gasteiger partial charge in [0.1, 0.15) is 5.44 Å². The molecule has 8 nitrogen and oxygen atoms in total. The van der Waals surface area contributed by atoms with Crippen molar-refractivity contribution < 1.29 is 38.4 Å². The largest absolute Gasteiger partial charge is 0.469 e. The van der Waals surface area contributed by atoms with E-state index in [1.54, 1.807) is 24.8 Å². The topological polar surface area (TPSA) is 101 Å². The molecule has 1 unspecified atom stereocenters. The van der Waals surface area contributed by atoms with Crippen molar-refractivity contribution in [3.05, 3.63) is 84.4 Å². The monoisotopic (exact) mass is 602 g/mol. The summed E-state index contributed by atoms with van der Waals surface area (Å²) in [6, 6.07) is 19.6. The van der Waals surface area contributed by atoms with E-state index in [1.807, 2.05) is 67.6 Å². The molecule has 1 saturated heterocycles. The van der Waals surface area contributed by atoms with Crippen LogP contribution >= 0.6 is 11.8 Å². The number of hydrogen-bond donors (Lipinski definition) is 1. The maximum absolute atomic E-state index is 12.2. The average Bonchev–Trinajstić information content (AvgIpc) is 3.33. The van der Waals surface area contributed by atoms with Gasteiger partial charge in [-0.2, -0.15) is 0 Å². The molecule has 0 radical (unpaired) electrons. The number of aliphatic hydroxyl groups excluding tert-OH is 1. The minimum atomic E-state index is -1.03. The van der Waals surface area contributed by atoms with Crippen molar-refractivity contribution in [3.63, 3.8) is 0 Å². The first kappa shape index (κ1) is 35.5. The number of thioether (sulfide) groups is 1. The summed E-state index contributed by atoms with van der Waals surface area (Å²) in [4.78, 5) is 24.0. The Morgan fingerprint density at radius 3 is 2.14 bits per heavy atom. The van der Waals surface area contributed by atoms with Gasteiger partial charge in [-0.25, -0.2) is 0 Å². The van der Waals surface area contributed by atoms with E-state index >= 15 is 0 Å². The number of hydrogen-bond acceptors (Lipinski definition) is 9. The van der Waals surface area contributed by atoms with E-state index in [1.165, 1.54) is 14.2 Å². The first-order valence-corrected chi connectivity index (χ1v) is 15.2. The predicted octanol–water partition coefficient (Wildman–Crippen LogP) is 5.57. The van der Waals surface area contributed by atoms with Crippen molar-refractivity contribution in [3.8, 4) is 0 Å². The molecule has 0 aromatic heterocycles. The lowest BCUT2D eigenvalue weighted by atomic mass is 9.81. The van der Waals surface area contributed by atoms with Gasteiger partial charge in [0.05, 0.1) is 63.7 Å². The van der Waals surface area contributed by atoms with Gasteiger partial charge in [-0.1, -0.05) is 73.7 Å². The highest BCUT2D eigenvalue weighted by Gasteiger charge is 2.51. The number of carbonyl (C=O) groups is 2. The number of rotatable bonds is 15.